The molecule has 3 heterocycles. The van der Waals surface area contributed by atoms with Crippen LogP contribution in [0.1, 0.15) is 41.9 Å². The summed E-state index contributed by atoms with van der Waals surface area (Å²) in [7, 11) is 1.61. The van der Waals surface area contributed by atoms with Gasteiger partial charge in [0.15, 0.2) is 5.84 Å². The molecule has 234 valence electrons. The monoisotopic (exact) mass is 657 g/mol. The van der Waals surface area contributed by atoms with Gasteiger partial charge >= 0.3 is 6.03 Å². The van der Waals surface area contributed by atoms with Gasteiger partial charge in [-0.2, -0.15) is 0 Å². The molecule has 1 fully saturated rings. The number of ether oxygens (including phenoxy) is 2. The molecule has 44 heavy (non-hydrogen) atoms. The SMILES string of the molecule is CCOc1ccsc1C1=N[C@H](c2ccc(Cl)cc2)[C@H](c2ccc(Cl)cc2)N1C(=O)N1CCN(CC(=O)NC(C)COC)CC1. The van der Waals surface area contributed by atoms with E-state index in [-0.39, 0.29) is 30.6 Å². The minimum absolute atomic E-state index is 0.0574. The number of benzene rings is 2. The Hall–Kier alpha value is -3.15. The number of nitrogens with one attached hydrogen (secondary N) is 1. The van der Waals surface area contributed by atoms with E-state index >= 15 is 0 Å². The molecule has 1 unspecified atom stereocenters. The van der Waals surface area contributed by atoms with Crippen molar-refractivity contribution in [2.75, 3.05) is 53.0 Å². The third-order valence-corrected chi connectivity index (χ3v) is 9.06. The van der Waals surface area contributed by atoms with Gasteiger partial charge in [-0.15, -0.1) is 11.3 Å². The molecule has 3 atom stereocenters. The average Bonchev–Trinajstić information content (AvgIpc) is 3.63. The first kappa shape index (κ1) is 32.2. The highest BCUT2D eigenvalue weighted by molar-refractivity contribution is 7.12. The summed E-state index contributed by atoms with van der Waals surface area (Å²) in [4.78, 5) is 38.9. The Balaban J connectivity index is 1.45. The van der Waals surface area contributed by atoms with Crippen molar-refractivity contribution in [1.82, 2.24) is 20.0 Å². The molecule has 2 aromatic carbocycles. The number of carbonyl (C=O) groups is 2. The number of hydrogen-bond acceptors (Lipinski definition) is 7. The number of halogens is 2. The Kier molecular flexibility index (Phi) is 10.8. The highest BCUT2D eigenvalue weighted by atomic mass is 35.5. The first-order chi connectivity index (χ1) is 21.3. The van der Waals surface area contributed by atoms with Crippen LogP contribution in [0.25, 0.3) is 0 Å². The van der Waals surface area contributed by atoms with Crippen molar-refractivity contribution in [2.24, 2.45) is 4.99 Å². The topological polar surface area (TPSA) is 86.7 Å². The van der Waals surface area contributed by atoms with E-state index in [1.165, 1.54) is 11.3 Å². The third kappa shape index (κ3) is 7.38. The number of methoxy groups -OCH3 is 1. The Bertz CT molecular complexity index is 1460. The summed E-state index contributed by atoms with van der Waals surface area (Å²) in [6.45, 7) is 7.17. The maximum absolute atomic E-state index is 14.6. The summed E-state index contributed by atoms with van der Waals surface area (Å²) >= 11 is 14.0. The van der Waals surface area contributed by atoms with Gasteiger partial charge in [0, 0.05) is 49.4 Å². The van der Waals surface area contributed by atoms with Crippen LogP contribution in [0.2, 0.25) is 10.0 Å². The summed E-state index contributed by atoms with van der Waals surface area (Å²) in [6, 6.07) is 16.1. The van der Waals surface area contributed by atoms with Crippen LogP contribution in [0, 0.1) is 0 Å². The summed E-state index contributed by atoms with van der Waals surface area (Å²) in [5, 5.41) is 6.15. The van der Waals surface area contributed by atoms with Crippen molar-refractivity contribution >= 4 is 52.3 Å². The molecular formula is C32H37Cl2N5O4S. The number of aliphatic imine (C=N–C) groups is 1. The molecule has 0 spiro atoms. The zero-order valence-corrected chi connectivity index (χ0v) is 27.4. The molecule has 1 aromatic heterocycles. The van der Waals surface area contributed by atoms with E-state index in [1.807, 2.05) is 83.6 Å². The fourth-order valence-electron chi connectivity index (χ4n) is 5.62. The van der Waals surface area contributed by atoms with Crippen LogP contribution < -0.4 is 10.1 Å². The molecule has 1 saturated heterocycles. The van der Waals surface area contributed by atoms with Gasteiger partial charge < -0.3 is 19.7 Å². The lowest BCUT2D eigenvalue weighted by molar-refractivity contribution is -0.123. The maximum atomic E-state index is 14.6. The normalized spacial score (nSPS) is 19.5. The highest BCUT2D eigenvalue weighted by Gasteiger charge is 2.45. The zero-order valence-electron chi connectivity index (χ0n) is 25.0. The van der Waals surface area contributed by atoms with Gasteiger partial charge in [0.1, 0.15) is 16.7 Å². The molecule has 2 aliphatic heterocycles. The molecule has 2 aliphatic rings. The number of amides is 3. The number of carbonyl (C=O) groups excluding carboxylic acids is 2. The van der Waals surface area contributed by atoms with Gasteiger partial charge in [-0.25, -0.2) is 4.79 Å². The van der Waals surface area contributed by atoms with Crippen molar-refractivity contribution in [3.8, 4) is 5.75 Å². The second-order valence-corrected chi connectivity index (χ2v) is 12.6. The quantitative estimate of drug-likeness (QED) is 0.294. The molecule has 5 rings (SSSR count). The Labute approximate surface area is 272 Å². The fourth-order valence-corrected chi connectivity index (χ4v) is 6.70. The molecule has 0 saturated carbocycles. The van der Waals surface area contributed by atoms with Crippen LogP contribution in [-0.4, -0.2) is 91.6 Å². The maximum Gasteiger partial charge on any atom is 0.326 e. The number of thiophene rings is 1. The van der Waals surface area contributed by atoms with Crippen LogP contribution in [0.15, 0.2) is 65.0 Å². The molecule has 0 aliphatic carbocycles. The standard InChI is InChI=1S/C32H37Cl2N5O4S/c1-4-43-26-13-18-44-30(26)31-36-28(22-5-9-24(33)10-6-22)29(23-7-11-25(34)12-8-23)39(31)32(41)38-16-14-37(15-17-38)19-27(40)35-21(2)20-42-3/h5-13,18,21,28-29H,4,14-17,19-20H2,1-3H3,(H,35,40)/t21?,28-,29+/m1/s1. The molecule has 9 nitrogen and oxygen atoms in total. The predicted octanol–water partition coefficient (Wildman–Crippen LogP) is 5.89. The third-order valence-electron chi connectivity index (χ3n) is 7.66. The van der Waals surface area contributed by atoms with Gasteiger partial charge in [-0.3, -0.25) is 19.6 Å². The van der Waals surface area contributed by atoms with Crippen molar-refractivity contribution in [3.63, 3.8) is 0 Å². The second-order valence-electron chi connectivity index (χ2n) is 10.8. The van der Waals surface area contributed by atoms with E-state index in [4.69, 9.17) is 37.7 Å². The number of nitrogens with zero attached hydrogens (tertiary/aromatic N) is 4. The van der Waals surface area contributed by atoms with Gasteiger partial charge in [0.2, 0.25) is 5.91 Å². The second kappa shape index (κ2) is 14.8. The minimum Gasteiger partial charge on any atom is -0.492 e. The smallest absolute Gasteiger partial charge is 0.326 e. The molecule has 3 aromatic rings. The minimum atomic E-state index is -0.432. The van der Waals surface area contributed by atoms with Crippen LogP contribution in [0.3, 0.4) is 0 Å². The van der Waals surface area contributed by atoms with E-state index in [1.54, 1.807) is 7.11 Å². The van der Waals surface area contributed by atoms with E-state index in [0.717, 1.165) is 16.0 Å². The number of amidine groups is 1. The largest absolute Gasteiger partial charge is 0.492 e. The van der Waals surface area contributed by atoms with Crippen molar-refractivity contribution < 1.29 is 19.1 Å². The number of hydrogen-bond donors (Lipinski definition) is 1. The Morgan fingerprint density at radius 1 is 1.00 bits per heavy atom. The Morgan fingerprint density at radius 3 is 2.25 bits per heavy atom. The molecule has 0 radical (unpaired) electrons. The lowest BCUT2D eigenvalue weighted by Gasteiger charge is -2.38. The summed E-state index contributed by atoms with van der Waals surface area (Å²) in [6.07, 6.45) is 0. The number of urea groups is 1. The van der Waals surface area contributed by atoms with Crippen molar-refractivity contribution in [3.05, 3.63) is 86.0 Å². The van der Waals surface area contributed by atoms with E-state index in [2.05, 4.69) is 10.2 Å². The first-order valence-electron chi connectivity index (χ1n) is 14.7. The van der Waals surface area contributed by atoms with Gasteiger partial charge in [0.05, 0.1) is 25.8 Å². The molecule has 0 bridgehead atoms. The average molecular weight is 659 g/mol. The zero-order chi connectivity index (χ0) is 31.2. The van der Waals surface area contributed by atoms with Crippen molar-refractivity contribution in [1.29, 1.82) is 0 Å². The fraction of sp³-hybridized carbons (Fsp3) is 0.406. The van der Waals surface area contributed by atoms with Crippen LogP contribution in [-0.2, 0) is 9.53 Å². The number of piperazine rings is 1. The van der Waals surface area contributed by atoms with Crippen LogP contribution in [0.4, 0.5) is 4.79 Å². The van der Waals surface area contributed by atoms with Crippen LogP contribution >= 0.6 is 34.5 Å². The molecular weight excluding hydrogens is 621 g/mol. The first-order valence-corrected chi connectivity index (χ1v) is 16.3. The summed E-state index contributed by atoms with van der Waals surface area (Å²) < 4.78 is 11.1. The van der Waals surface area contributed by atoms with Crippen molar-refractivity contribution in [2.45, 2.75) is 32.0 Å². The lowest BCUT2D eigenvalue weighted by atomic mass is 9.94. The van der Waals surface area contributed by atoms with Crippen LogP contribution in [0.5, 0.6) is 5.75 Å². The summed E-state index contributed by atoms with van der Waals surface area (Å²) in [5.74, 6) is 1.21. The van der Waals surface area contributed by atoms with Gasteiger partial charge in [0.25, 0.3) is 0 Å². The van der Waals surface area contributed by atoms with E-state index < -0.39 is 6.04 Å². The van der Waals surface area contributed by atoms with E-state index in [0.29, 0.717) is 61.0 Å². The summed E-state index contributed by atoms with van der Waals surface area (Å²) in [5.41, 5.74) is 1.85. The molecule has 1 N–H and O–H groups in total. The molecule has 3 amide bonds. The van der Waals surface area contributed by atoms with Gasteiger partial charge in [-0.05, 0) is 60.7 Å². The predicted molar refractivity (Wildman–Crippen MR) is 175 cm³/mol. The van der Waals surface area contributed by atoms with E-state index in [9.17, 15) is 9.59 Å². The lowest BCUT2D eigenvalue weighted by Crippen LogP contribution is -2.55. The molecule has 12 heteroatoms. The Morgan fingerprint density at radius 2 is 1.64 bits per heavy atom. The van der Waals surface area contributed by atoms with Gasteiger partial charge in [-0.1, -0.05) is 47.5 Å². The highest BCUT2D eigenvalue weighted by Crippen LogP contribution is 2.46. The number of rotatable bonds is 10.